The van der Waals surface area contributed by atoms with Crippen molar-refractivity contribution in [3.8, 4) is 0 Å². The van der Waals surface area contributed by atoms with Crippen molar-refractivity contribution in [1.29, 1.82) is 0 Å². The molecule has 0 aliphatic carbocycles. The Balaban J connectivity index is 0.000000172. The number of carboxylic acid groups (broad SMARTS) is 2. The number of hydrogen-bond donors (Lipinski definition) is 2. The number of nitrogens with zero attached hydrogens (tertiary/aromatic N) is 2. The van der Waals surface area contributed by atoms with Crippen molar-refractivity contribution in [3.05, 3.63) is 71.5 Å². The average molecular weight is 310 g/mol. The minimum Gasteiger partial charge on any atom is -0.478 e. The van der Waals surface area contributed by atoms with Gasteiger partial charge in [-0.05, 0) is 24.6 Å². The minimum absolute atomic E-state index is 0.0277. The maximum atomic E-state index is 10.6. The molecule has 1 heterocycles. The standard InChI is InChI=1S/C9H8O4.C8H6N2/c1-5-6(8(10)11)3-2-4-7(5)9(12)13;1-2-4-8-6-10-9-5-7(8)3-1/h2-4H,1H3,(H,10,11)(H,12,13);1-6H. The summed E-state index contributed by atoms with van der Waals surface area (Å²) in [7, 11) is 0. The molecule has 1 aromatic heterocycles. The van der Waals surface area contributed by atoms with Crippen molar-refractivity contribution < 1.29 is 19.8 Å². The van der Waals surface area contributed by atoms with Crippen LogP contribution in [0.4, 0.5) is 0 Å². The molecule has 0 atom stereocenters. The summed E-state index contributed by atoms with van der Waals surface area (Å²) in [5.41, 5.74) is 0.335. The van der Waals surface area contributed by atoms with Crippen LogP contribution < -0.4 is 0 Å². The Morgan fingerprint density at radius 1 is 0.783 bits per heavy atom. The molecule has 0 spiro atoms. The van der Waals surface area contributed by atoms with Gasteiger partial charge in [0, 0.05) is 10.8 Å². The van der Waals surface area contributed by atoms with Gasteiger partial charge < -0.3 is 10.2 Å². The Bertz CT molecular complexity index is 764. The van der Waals surface area contributed by atoms with E-state index in [1.807, 2.05) is 24.3 Å². The second-order valence-corrected chi connectivity index (χ2v) is 4.71. The highest BCUT2D eigenvalue weighted by Gasteiger charge is 2.13. The maximum absolute atomic E-state index is 10.6. The van der Waals surface area contributed by atoms with Crippen molar-refractivity contribution in [1.82, 2.24) is 10.2 Å². The van der Waals surface area contributed by atoms with Crippen LogP contribution in [-0.2, 0) is 0 Å². The van der Waals surface area contributed by atoms with Crippen molar-refractivity contribution in [2.45, 2.75) is 6.92 Å². The fourth-order valence-electron chi connectivity index (χ4n) is 2.04. The van der Waals surface area contributed by atoms with Gasteiger partial charge in [-0.25, -0.2) is 9.59 Å². The molecule has 0 amide bonds. The van der Waals surface area contributed by atoms with Crippen LogP contribution in [0.25, 0.3) is 10.8 Å². The molecular weight excluding hydrogens is 296 g/mol. The largest absolute Gasteiger partial charge is 0.478 e. The fourth-order valence-corrected chi connectivity index (χ4v) is 2.04. The highest BCUT2D eigenvalue weighted by molar-refractivity contribution is 5.96. The highest BCUT2D eigenvalue weighted by atomic mass is 16.4. The molecule has 0 radical (unpaired) electrons. The summed E-state index contributed by atoms with van der Waals surface area (Å²) >= 11 is 0. The van der Waals surface area contributed by atoms with E-state index in [0.29, 0.717) is 0 Å². The van der Waals surface area contributed by atoms with E-state index in [2.05, 4.69) is 10.2 Å². The third-order valence-corrected chi connectivity index (χ3v) is 3.25. The molecule has 0 saturated carbocycles. The molecule has 0 aliphatic heterocycles. The van der Waals surface area contributed by atoms with Crippen LogP contribution in [0.2, 0.25) is 0 Å². The number of carboxylic acids is 2. The number of aromatic carboxylic acids is 2. The van der Waals surface area contributed by atoms with Crippen LogP contribution in [0.3, 0.4) is 0 Å². The quantitative estimate of drug-likeness (QED) is 0.754. The van der Waals surface area contributed by atoms with Gasteiger partial charge in [0.2, 0.25) is 0 Å². The van der Waals surface area contributed by atoms with Crippen molar-refractivity contribution in [2.75, 3.05) is 0 Å². The summed E-state index contributed by atoms with van der Waals surface area (Å²) in [4.78, 5) is 21.2. The highest BCUT2D eigenvalue weighted by Crippen LogP contribution is 2.13. The lowest BCUT2D eigenvalue weighted by Crippen LogP contribution is -2.06. The third-order valence-electron chi connectivity index (χ3n) is 3.25. The Hall–Kier alpha value is -3.28. The summed E-state index contributed by atoms with van der Waals surface area (Å²) in [5.74, 6) is -2.22. The Morgan fingerprint density at radius 2 is 1.22 bits per heavy atom. The lowest BCUT2D eigenvalue weighted by atomic mass is 10.0. The van der Waals surface area contributed by atoms with Gasteiger partial charge in [0.05, 0.1) is 23.5 Å². The van der Waals surface area contributed by atoms with Crippen molar-refractivity contribution >= 4 is 22.7 Å². The first-order valence-corrected chi connectivity index (χ1v) is 6.72. The molecule has 3 aromatic rings. The van der Waals surface area contributed by atoms with E-state index in [1.165, 1.54) is 25.1 Å². The predicted molar refractivity (Wildman–Crippen MR) is 84.6 cm³/mol. The van der Waals surface area contributed by atoms with E-state index in [0.717, 1.165) is 10.8 Å². The molecule has 0 aliphatic rings. The number of fused-ring (bicyclic) bond motifs is 1. The first-order chi connectivity index (χ1) is 11.0. The molecule has 6 nitrogen and oxygen atoms in total. The number of aromatic nitrogens is 2. The zero-order chi connectivity index (χ0) is 16.8. The topological polar surface area (TPSA) is 100 Å². The van der Waals surface area contributed by atoms with Gasteiger partial charge >= 0.3 is 11.9 Å². The maximum Gasteiger partial charge on any atom is 0.335 e. The summed E-state index contributed by atoms with van der Waals surface area (Å²) in [6.45, 7) is 1.48. The van der Waals surface area contributed by atoms with Gasteiger partial charge in [-0.2, -0.15) is 10.2 Å². The van der Waals surface area contributed by atoms with Crippen molar-refractivity contribution in [3.63, 3.8) is 0 Å². The van der Waals surface area contributed by atoms with Gasteiger partial charge in [-0.3, -0.25) is 0 Å². The average Bonchev–Trinajstić information content (AvgIpc) is 2.55. The molecule has 0 bridgehead atoms. The lowest BCUT2D eigenvalue weighted by Gasteiger charge is -2.03. The Kier molecular flexibility index (Phi) is 4.99. The van der Waals surface area contributed by atoms with Crippen LogP contribution >= 0.6 is 0 Å². The molecule has 0 fully saturated rings. The first-order valence-electron chi connectivity index (χ1n) is 6.72. The van der Waals surface area contributed by atoms with Crippen LogP contribution in [0.1, 0.15) is 26.3 Å². The van der Waals surface area contributed by atoms with Crippen LogP contribution in [0, 0.1) is 6.92 Å². The number of hydrogen-bond acceptors (Lipinski definition) is 4. The fraction of sp³-hybridized carbons (Fsp3) is 0.0588. The summed E-state index contributed by atoms with van der Waals surface area (Å²) < 4.78 is 0. The number of carbonyl (C=O) groups is 2. The predicted octanol–water partition coefficient (Wildman–Crippen LogP) is 3.02. The second-order valence-electron chi connectivity index (χ2n) is 4.71. The SMILES string of the molecule is Cc1c(C(=O)O)cccc1C(=O)O.c1ccc2cnncc2c1. The van der Waals surface area contributed by atoms with Crippen LogP contribution in [0.15, 0.2) is 54.9 Å². The summed E-state index contributed by atoms with van der Waals surface area (Å²) in [5, 5.41) is 27.2. The van der Waals surface area contributed by atoms with E-state index < -0.39 is 11.9 Å². The molecule has 23 heavy (non-hydrogen) atoms. The molecule has 116 valence electrons. The van der Waals surface area contributed by atoms with Gasteiger partial charge in [0.15, 0.2) is 0 Å². The van der Waals surface area contributed by atoms with E-state index in [9.17, 15) is 9.59 Å². The van der Waals surface area contributed by atoms with Gasteiger partial charge in [0.25, 0.3) is 0 Å². The van der Waals surface area contributed by atoms with Gasteiger partial charge in [-0.1, -0.05) is 30.3 Å². The van der Waals surface area contributed by atoms with E-state index >= 15 is 0 Å². The summed E-state index contributed by atoms with van der Waals surface area (Å²) in [6, 6.07) is 12.2. The van der Waals surface area contributed by atoms with Gasteiger partial charge in [0.1, 0.15) is 0 Å². The monoisotopic (exact) mass is 310 g/mol. The molecule has 0 unspecified atom stereocenters. The van der Waals surface area contributed by atoms with Crippen LogP contribution in [0.5, 0.6) is 0 Å². The van der Waals surface area contributed by atoms with Crippen molar-refractivity contribution in [2.24, 2.45) is 0 Å². The van der Waals surface area contributed by atoms with Crippen LogP contribution in [-0.4, -0.2) is 32.3 Å². The lowest BCUT2D eigenvalue weighted by molar-refractivity contribution is 0.0696. The van der Waals surface area contributed by atoms with E-state index in [4.69, 9.17) is 10.2 Å². The molecule has 2 aromatic carbocycles. The smallest absolute Gasteiger partial charge is 0.335 e. The normalized spacial score (nSPS) is 9.78. The molecule has 3 rings (SSSR count). The van der Waals surface area contributed by atoms with E-state index in [-0.39, 0.29) is 16.7 Å². The minimum atomic E-state index is -1.11. The van der Waals surface area contributed by atoms with Gasteiger partial charge in [-0.15, -0.1) is 0 Å². The Labute approximate surface area is 132 Å². The zero-order valence-electron chi connectivity index (χ0n) is 12.3. The first kappa shape index (κ1) is 16.1. The molecular formula is C17H14N2O4. The third kappa shape index (κ3) is 3.88. The molecule has 0 saturated heterocycles. The second kappa shape index (κ2) is 7.13. The molecule has 2 N–H and O–H groups in total. The Morgan fingerprint density at radius 3 is 1.61 bits per heavy atom. The summed E-state index contributed by atoms with van der Waals surface area (Å²) in [6.07, 6.45) is 3.52. The number of benzene rings is 2. The zero-order valence-corrected chi connectivity index (χ0v) is 12.3. The van der Waals surface area contributed by atoms with E-state index in [1.54, 1.807) is 12.4 Å². The number of rotatable bonds is 2. The molecule has 6 heteroatoms.